The first-order valence-corrected chi connectivity index (χ1v) is 7.92. The molecule has 0 fully saturated rings. The van der Waals surface area contributed by atoms with E-state index in [4.69, 9.17) is 23.2 Å². The lowest BCUT2D eigenvalue weighted by molar-refractivity contribution is 0.884. The molecular weight excluding hydrogens is 357 g/mol. The van der Waals surface area contributed by atoms with E-state index in [0.717, 1.165) is 15.7 Å². The molecule has 2 rings (SSSR count). The summed E-state index contributed by atoms with van der Waals surface area (Å²) in [6, 6.07) is 10.0. The van der Waals surface area contributed by atoms with Crippen LogP contribution in [0.1, 0.15) is 29.7 Å². The zero-order chi connectivity index (χ0) is 14.9. The first-order valence-electron chi connectivity index (χ1n) is 6.37. The number of anilines is 1. The highest BCUT2D eigenvalue weighted by Crippen LogP contribution is 2.32. The number of rotatable bonds is 3. The first kappa shape index (κ1) is 15.7. The Morgan fingerprint density at radius 1 is 1.10 bits per heavy atom. The monoisotopic (exact) mass is 371 g/mol. The maximum absolute atomic E-state index is 6.26. The lowest BCUT2D eigenvalue weighted by atomic mass is 10.1. The fourth-order valence-electron chi connectivity index (χ4n) is 2.21. The van der Waals surface area contributed by atoms with Crippen molar-refractivity contribution in [3.63, 3.8) is 0 Å². The van der Waals surface area contributed by atoms with Crippen molar-refractivity contribution in [2.45, 2.75) is 26.8 Å². The molecule has 0 radical (unpaired) electrons. The van der Waals surface area contributed by atoms with Crippen LogP contribution in [0.5, 0.6) is 0 Å². The van der Waals surface area contributed by atoms with Crippen LogP contribution in [0.15, 0.2) is 34.8 Å². The SMILES string of the molecule is Cc1cc(NC(C)c2cccc(Cl)c2Cl)cc(C)c1Br. The van der Waals surface area contributed by atoms with E-state index in [9.17, 15) is 0 Å². The quantitative estimate of drug-likeness (QED) is 0.644. The van der Waals surface area contributed by atoms with Crippen LogP contribution in [-0.4, -0.2) is 0 Å². The molecule has 1 N–H and O–H groups in total. The van der Waals surface area contributed by atoms with E-state index in [1.807, 2.05) is 12.1 Å². The van der Waals surface area contributed by atoms with Gasteiger partial charge in [-0.05, 0) is 55.7 Å². The molecule has 2 aromatic carbocycles. The lowest BCUT2D eigenvalue weighted by Gasteiger charge is -2.19. The summed E-state index contributed by atoms with van der Waals surface area (Å²) >= 11 is 15.9. The van der Waals surface area contributed by atoms with E-state index < -0.39 is 0 Å². The van der Waals surface area contributed by atoms with Crippen molar-refractivity contribution in [3.8, 4) is 0 Å². The Balaban J connectivity index is 2.28. The number of halogens is 3. The van der Waals surface area contributed by atoms with Gasteiger partial charge in [0.2, 0.25) is 0 Å². The topological polar surface area (TPSA) is 12.0 Å². The van der Waals surface area contributed by atoms with Crippen LogP contribution in [0, 0.1) is 13.8 Å². The molecule has 0 spiro atoms. The molecule has 0 saturated carbocycles. The number of benzene rings is 2. The van der Waals surface area contributed by atoms with Crippen molar-refractivity contribution < 1.29 is 0 Å². The fourth-order valence-corrected chi connectivity index (χ4v) is 2.91. The second-order valence-corrected chi connectivity index (χ2v) is 6.51. The van der Waals surface area contributed by atoms with E-state index in [1.165, 1.54) is 11.1 Å². The van der Waals surface area contributed by atoms with Crippen LogP contribution in [-0.2, 0) is 0 Å². The van der Waals surface area contributed by atoms with E-state index in [1.54, 1.807) is 6.07 Å². The molecule has 106 valence electrons. The highest BCUT2D eigenvalue weighted by molar-refractivity contribution is 9.10. The molecule has 0 aliphatic heterocycles. The van der Waals surface area contributed by atoms with Crippen LogP contribution < -0.4 is 5.32 Å². The van der Waals surface area contributed by atoms with Gasteiger partial charge in [0.05, 0.1) is 16.1 Å². The molecule has 0 saturated heterocycles. The minimum Gasteiger partial charge on any atom is -0.378 e. The van der Waals surface area contributed by atoms with Gasteiger partial charge in [-0.25, -0.2) is 0 Å². The average molecular weight is 373 g/mol. The van der Waals surface area contributed by atoms with Gasteiger partial charge in [0.1, 0.15) is 0 Å². The standard InChI is InChI=1S/C16H16BrCl2N/c1-9-7-12(8-10(2)15(9)17)20-11(3)13-5-4-6-14(18)16(13)19/h4-8,11,20H,1-3H3. The second-order valence-electron chi connectivity index (χ2n) is 4.93. The van der Waals surface area contributed by atoms with Crippen molar-refractivity contribution in [3.05, 3.63) is 61.5 Å². The van der Waals surface area contributed by atoms with Crippen molar-refractivity contribution in [2.75, 3.05) is 5.32 Å². The Labute approximate surface area is 138 Å². The van der Waals surface area contributed by atoms with Crippen LogP contribution in [0.25, 0.3) is 0 Å². The Bertz CT molecular complexity index is 617. The van der Waals surface area contributed by atoms with E-state index in [2.05, 4.69) is 54.2 Å². The maximum atomic E-state index is 6.26. The number of hydrogen-bond donors (Lipinski definition) is 1. The molecule has 1 nitrogen and oxygen atoms in total. The van der Waals surface area contributed by atoms with Gasteiger partial charge < -0.3 is 5.32 Å². The highest BCUT2D eigenvalue weighted by atomic mass is 79.9. The van der Waals surface area contributed by atoms with Gasteiger partial charge >= 0.3 is 0 Å². The summed E-state index contributed by atoms with van der Waals surface area (Å²) in [7, 11) is 0. The third-order valence-electron chi connectivity index (χ3n) is 3.27. The zero-order valence-corrected chi connectivity index (χ0v) is 14.7. The summed E-state index contributed by atoms with van der Waals surface area (Å²) in [4.78, 5) is 0. The van der Waals surface area contributed by atoms with Gasteiger partial charge in [-0.1, -0.05) is 51.3 Å². The third kappa shape index (κ3) is 3.30. The van der Waals surface area contributed by atoms with Crippen molar-refractivity contribution in [1.29, 1.82) is 0 Å². The molecule has 20 heavy (non-hydrogen) atoms. The van der Waals surface area contributed by atoms with Crippen LogP contribution >= 0.6 is 39.1 Å². The Morgan fingerprint density at radius 2 is 1.70 bits per heavy atom. The normalized spacial score (nSPS) is 12.3. The van der Waals surface area contributed by atoms with Crippen LogP contribution in [0.2, 0.25) is 10.0 Å². The number of aryl methyl sites for hydroxylation is 2. The van der Waals surface area contributed by atoms with Crippen LogP contribution in [0.3, 0.4) is 0 Å². The van der Waals surface area contributed by atoms with Gasteiger partial charge in [0.25, 0.3) is 0 Å². The van der Waals surface area contributed by atoms with E-state index >= 15 is 0 Å². The molecule has 4 heteroatoms. The predicted octanol–water partition coefficient (Wildman–Crippen LogP) is 6.55. The summed E-state index contributed by atoms with van der Waals surface area (Å²) in [5.41, 5.74) is 4.48. The van der Waals surface area contributed by atoms with Crippen molar-refractivity contribution >= 4 is 44.8 Å². The molecular formula is C16H16BrCl2N. The Hall–Kier alpha value is -0.700. The Morgan fingerprint density at radius 3 is 2.30 bits per heavy atom. The third-order valence-corrected chi connectivity index (χ3v) is 5.35. The molecule has 1 unspecified atom stereocenters. The van der Waals surface area contributed by atoms with E-state index in [0.29, 0.717) is 10.0 Å². The van der Waals surface area contributed by atoms with Gasteiger partial charge in [-0.2, -0.15) is 0 Å². The first-order chi connectivity index (χ1) is 9.40. The molecule has 0 aliphatic rings. The minimum absolute atomic E-state index is 0.0844. The molecule has 0 amide bonds. The molecule has 0 aromatic heterocycles. The zero-order valence-electron chi connectivity index (χ0n) is 11.6. The van der Waals surface area contributed by atoms with E-state index in [-0.39, 0.29) is 6.04 Å². The smallest absolute Gasteiger partial charge is 0.0644 e. The molecule has 0 aliphatic carbocycles. The summed E-state index contributed by atoms with van der Waals surface area (Å²) < 4.78 is 1.15. The molecule has 1 atom stereocenters. The summed E-state index contributed by atoms with van der Waals surface area (Å²) in [5.74, 6) is 0. The minimum atomic E-state index is 0.0844. The summed E-state index contributed by atoms with van der Waals surface area (Å²) in [6.07, 6.45) is 0. The van der Waals surface area contributed by atoms with Crippen LogP contribution in [0.4, 0.5) is 5.69 Å². The predicted molar refractivity (Wildman–Crippen MR) is 92.1 cm³/mol. The molecule has 0 heterocycles. The lowest BCUT2D eigenvalue weighted by Crippen LogP contribution is -2.07. The molecule has 2 aromatic rings. The number of hydrogen-bond acceptors (Lipinski definition) is 1. The average Bonchev–Trinajstić information content (AvgIpc) is 2.39. The van der Waals surface area contributed by atoms with Gasteiger partial charge in [-0.15, -0.1) is 0 Å². The van der Waals surface area contributed by atoms with Crippen molar-refractivity contribution in [1.82, 2.24) is 0 Å². The highest BCUT2D eigenvalue weighted by Gasteiger charge is 2.12. The van der Waals surface area contributed by atoms with Crippen molar-refractivity contribution in [2.24, 2.45) is 0 Å². The Kier molecular flexibility index (Phi) is 5.00. The summed E-state index contributed by atoms with van der Waals surface area (Å²) in [5, 5.41) is 4.67. The van der Waals surface area contributed by atoms with Gasteiger partial charge in [0.15, 0.2) is 0 Å². The second kappa shape index (κ2) is 6.38. The summed E-state index contributed by atoms with van der Waals surface area (Å²) in [6.45, 7) is 6.24. The maximum Gasteiger partial charge on any atom is 0.0644 e. The largest absolute Gasteiger partial charge is 0.378 e. The van der Waals surface area contributed by atoms with Gasteiger partial charge in [-0.3, -0.25) is 0 Å². The number of nitrogens with one attached hydrogen (secondary N) is 1. The van der Waals surface area contributed by atoms with Gasteiger partial charge in [0, 0.05) is 10.2 Å². The molecule has 0 bridgehead atoms. The fraction of sp³-hybridized carbons (Fsp3) is 0.250.